The molecule has 0 amide bonds. The summed E-state index contributed by atoms with van der Waals surface area (Å²) in [6.07, 6.45) is 2.79. The van der Waals surface area contributed by atoms with Gasteiger partial charge in [-0.05, 0) is 37.1 Å². The standard InChI is InChI=1S/C13H18N4O/c1-2-18-10-3-4-12-11(7-10)9(8-17-12)5-6-16-13(14)15/h3-4,7-8,17H,2,5-6H2,1H3,(H4,14,15,16). The highest BCUT2D eigenvalue weighted by Gasteiger charge is 2.04. The average Bonchev–Trinajstić information content (AvgIpc) is 2.72. The summed E-state index contributed by atoms with van der Waals surface area (Å²) in [7, 11) is 0. The summed E-state index contributed by atoms with van der Waals surface area (Å²) in [6, 6.07) is 6.02. The highest BCUT2D eigenvalue weighted by atomic mass is 16.5. The summed E-state index contributed by atoms with van der Waals surface area (Å²) < 4.78 is 5.50. The predicted octanol–water partition coefficient (Wildman–Crippen LogP) is 1.38. The molecule has 0 spiro atoms. The Morgan fingerprint density at radius 3 is 2.94 bits per heavy atom. The Labute approximate surface area is 106 Å². The van der Waals surface area contributed by atoms with Gasteiger partial charge < -0.3 is 21.2 Å². The Morgan fingerprint density at radius 1 is 1.39 bits per heavy atom. The van der Waals surface area contributed by atoms with E-state index in [0.717, 1.165) is 23.1 Å². The Hall–Kier alpha value is -2.17. The summed E-state index contributed by atoms with van der Waals surface area (Å²) in [5.74, 6) is 1.01. The quantitative estimate of drug-likeness (QED) is 0.550. The van der Waals surface area contributed by atoms with Gasteiger partial charge in [-0.2, -0.15) is 0 Å². The minimum Gasteiger partial charge on any atom is -0.494 e. The molecule has 2 rings (SSSR count). The molecule has 0 saturated carbocycles. The van der Waals surface area contributed by atoms with Gasteiger partial charge in [0, 0.05) is 23.6 Å². The van der Waals surface area contributed by atoms with Crippen LogP contribution in [-0.4, -0.2) is 24.1 Å². The molecule has 0 aliphatic carbocycles. The Balaban J connectivity index is 2.22. The number of hydrogen-bond acceptors (Lipinski definition) is 2. The minimum absolute atomic E-state index is 0.129. The number of H-pyrrole nitrogens is 1. The van der Waals surface area contributed by atoms with Crippen molar-refractivity contribution in [2.45, 2.75) is 13.3 Å². The molecule has 0 atom stereocenters. The Bertz CT molecular complexity index is 555. The summed E-state index contributed by atoms with van der Waals surface area (Å²) in [4.78, 5) is 7.22. The highest BCUT2D eigenvalue weighted by molar-refractivity contribution is 5.84. The fourth-order valence-corrected chi connectivity index (χ4v) is 1.93. The lowest BCUT2D eigenvalue weighted by Gasteiger charge is -2.03. The molecular formula is C13H18N4O. The molecule has 0 aliphatic heterocycles. The number of guanidine groups is 1. The predicted molar refractivity (Wildman–Crippen MR) is 73.8 cm³/mol. The molecule has 5 nitrogen and oxygen atoms in total. The number of nitrogens with one attached hydrogen (secondary N) is 1. The van der Waals surface area contributed by atoms with Gasteiger partial charge in [0.2, 0.25) is 0 Å². The summed E-state index contributed by atoms with van der Waals surface area (Å²) in [5.41, 5.74) is 12.9. The minimum atomic E-state index is 0.129. The van der Waals surface area contributed by atoms with E-state index in [2.05, 4.69) is 9.98 Å². The third kappa shape index (κ3) is 2.74. The van der Waals surface area contributed by atoms with Gasteiger partial charge in [0.1, 0.15) is 5.75 Å². The maximum Gasteiger partial charge on any atom is 0.185 e. The van der Waals surface area contributed by atoms with E-state index in [4.69, 9.17) is 16.2 Å². The first-order chi connectivity index (χ1) is 8.70. The first-order valence-electron chi connectivity index (χ1n) is 5.99. The van der Waals surface area contributed by atoms with Crippen LogP contribution in [-0.2, 0) is 6.42 Å². The normalized spacial score (nSPS) is 10.5. The molecule has 0 radical (unpaired) electrons. The van der Waals surface area contributed by atoms with Crippen LogP contribution in [0.4, 0.5) is 0 Å². The van der Waals surface area contributed by atoms with Gasteiger partial charge in [0.25, 0.3) is 0 Å². The van der Waals surface area contributed by atoms with E-state index in [1.54, 1.807) is 0 Å². The second-order valence-corrected chi connectivity index (χ2v) is 4.01. The highest BCUT2D eigenvalue weighted by Crippen LogP contribution is 2.24. The number of hydrogen-bond donors (Lipinski definition) is 3. The van der Waals surface area contributed by atoms with Crippen LogP contribution in [0.25, 0.3) is 10.9 Å². The molecule has 2 aromatic rings. The van der Waals surface area contributed by atoms with Crippen molar-refractivity contribution >= 4 is 16.9 Å². The summed E-state index contributed by atoms with van der Waals surface area (Å²) >= 11 is 0. The van der Waals surface area contributed by atoms with Crippen molar-refractivity contribution in [3.05, 3.63) is 30.0 Å². The number of benzene rings is 1. The lowest BCUT2D eigenvalue weighted by atomic mass is 10.1. The number of nitrogens with zero attached hydrogens (tertiary/aromatic N) is 1. The molecule has 0 aliphatic rings. The number of nitrogens with two attached hydrogens (primary N) is 2. The first kappa shape index (κ1) is 12.3. The largest absolute Gasteiger partial charge is 0.494 e. The smallest absolute Gasteiger partial charge is 0.185 e. The van der Waals surface area contributed by atoms with Crippen molar-refractivity contribution < 1.29 is 4.74 Å². The van der Waals surface area contributed by atoms with E-state index in [-0.39, 0.29) is 5.96 Å². The molecular weight excluding hydrogens is 228 g/mol. The first-order valence-corrected chi connectivity index (χ1v) is 5.99. The van der Waals surface area contributed by atoms with Crippen LogP contribution in [0.15, 0.2) is 29.4 Å². The van der Waals surface area contributed by atoms with Gasteiger partial charge in [0.05, 0.1) is 6.61 Å². The second-order valence-electron chi connectivity index (χ2n) is 4.01. The van der Waals surface area contributed by atoms with Gasteiger partial charge in [0.15, 0.2) is 5.96 Å². The number of ether oxygens (including phenoxy) is 1. The van der Waals surface area contributed by atoms with Gasteiger partial charge in [-0.15, -0.1) is 0 Å². The van der Waals surface area contributed by atoms with Gasteiger partial charge in [-0.3, -0.25) is 4.99 Å². The lowest BCUT2D eigenvalue weighted by molar-refractivity contribution is 0.340. The van der Waals surface area contributed by atoms with Crippen molar-refractivity contribution in [2.75, 3.05) is 13.2 Å². The van der Waals surface area contributed by atoms with E-state index in [1.807, 2.05) is 31.3 Å². The lowest BCUT2D eigenvalue weighted by Crippen LogP contribution is -2.23. The van der Waals surface area contributed by atoms with Crippen LogP contribution in [0.2, 0.25) is 0 Å². The molecule has 96 valence electrons. The van der Waals surface area contributed by atoms with Crippen LogP contribution in [0, 0.1) is 0 Å². The molecule has 18 heavy (non-hydrogen) atoms. The molecule has 5 N–H and O–H groups in total. The molecule has 5 heteroatoms. The maximum atomic E-state index is 5.50. The monoisotopic (exact) mass is 246 g/mol. The zero-order chi connectivity index (χ0) is 13.0. The zero-order valence-electron chi connectivity index (χ0n) is 10.4. The number of aromatic amines is 1. The van der Waals surface area contributed by atoms with Crippen molar-refractivity contribution in [2.24, 2.45) is 16.5 Å². The molecule has 0 fully saturated rings. The van der Waals surface area contributed by atoms with Gasteiger partial charge >= 0.3 is 0 Å². The van der Waals surface area contributed by atoms with Gasteiger partial charge in [-0.1, -0.05) is 0 Å². The third-order valence-corrected chi connectivity index (χ3v) is 2.73. The fraction of sp³-hybridized carbons (Fsp3) is 0.308. The van der Waals surface area contributed by atoms with Crippen LogP contribution in [0.5, 0.6) is 5.75 Å². The number of rotatable bonds is 5. The summed E-state index contributed by atoms with van der Waals surface area (Å²) in [5, 5.41) is 1.16. The molecule has 1 aromatic carbocycles. The van der Waals surface area contributed by atoms with E-state index in [9.17, 15) is 0 Å². The van der Waals surface area contributed by atoms with Crippen LogP contribution >= 0.6 is 0 Å². The SMILES string of the molecule is CCOc1ccc2[nH]cc(CCN=C(N)N)c2c1. The maximum absolute atomic E-state index is 5.50. The number of fused-ring (bicyclic) bond motifs is 1. The topological polar surface area (TPSA) is 89.4 Å². The van der Waals surface area contributed by atoms with Crippen LogP contribution < -0.4 is 16.2 Å². The molecule has 0 bridgehead atoms. The van der Waals surface area contributed by atoms with E-state index in [0.29, 0.717) is 13.2 Å². The Morgan fingerprint density at radius 2 is 2.22 bits per heavy atom. The third-order valence-electron chi connectivity index (χ3n) is 2.73. The van der Waals surface area contributed by atoms with Gasteiger partial charge in [-0.25, -0.2) is 0 Å². The van der Waals surface area contributed by atoms with E-state index < -0.39 is 0 Å². The fourth-order valence-electron chi connectivity index (χ4n) is 1.93. The molecule has 0 unspecified atom stereocenters. The van der Waals surface area contributed by atoms with E-state index in [1.165, 1.54) is 5.56 Å². The van der Waals surface area contributed by atoms with Crippen molar-refractivity contribution in [3.8, 4) is 5.75 Å². The Kier molecular flexibility index (Phi) is 3.72. The van der Waals surface area contributed by atoms with Crippen LogP contribution in [0.3, 0.4) is 0 Å². The van der Waals surface area contributed by atoms with E-state index >= 15 is 0 Å². The summed E-state index contributed by atoms with van der Waals surface area (Å²) in [6.45, 7) is 3.23. The molecule has 1 aromatic heterocycles. The number of aromatic nitrogens is 1. The van der Waals surface area contributed by atoms with Crippen molar-refractivity contribution in [3.63, 3.8) is 0 Å². The second kappa shape index (κ2) is 5.44. The average molecular weight is 246 g/mol. The zero-order valence-corrected chi connectivity index (χ0v) is 10.4. The molecule has 1 heterocycles. The van der Waals surface area contributed by atoms with Crippen molar-refractivity contribution in [1.29, 1.82) is 0 Å². The molecule has 0 saturated heterocycles. The van der Waals surface area contributed by atoms with Crippen molar-refractivity contribution in [1.82, 2.24) is 4.98 Å². The number of aliphatic imine (C=N–C) groups is 1. The van der Waals surface area contributed by atoms with Crippen LogP contribution in [0.1, 0.15) is 12.5 Å².